The van der Waals surface area contributed by atoms with Crippen molar-refractivity contribution in [3.63, 3.8) is 0 Å². The number of amides is 1. The molecule has 9 heteroatoms. The molecule has 218 valence electrons. The first-order valence-corrected chi connectivity index (χ1v) is 14.4. The minimum Gasteiger partial charge on any atom is -0.496 e. The molecule has 0 aliphatic carbocycles. The molecule has 0 saturated carbocycles. The van der Waals surface area contributed by atoms with Crippen molar-refractivity contribution in [1.29, 1.82) is 0 Å². The third kappa shape index (κ3) is 7.06. The van der Waals surface area contributed by atoms with Gasteiger partial charge in [0, 0.05) is 31.6 Å². The average Bonchev–Trinajstić information content (AvgIpc) is 3.58. The molecule has 3 N–H and O–H groups in total. The van der Waals surface area contributed by atoms with Gasteiger partial charge in [0.25, 0.3) is 0 Å². The quantitative estimate of drug-likeness (QED) is 0.319. The number of carboxylic acid groups (broad SMARTS) is 1. The predicted octanol–water partition coefficient (Wildman–Crippen LogP) is 3.89. The molecule has 0 radical (unpaired) electrons. The van der Waals surface area contributed by atoms with E-state index in [1.165, 1.54) is 0 Å². The molecule has 9 nitrogen and oxygen atoms in total. The highest BCUT2D eigenvalue weighted by molar-refractivity contribution is 5.79. The average molecular weight is 554 g/mol. The summed E-state index contributed by atoms with van der Waals surface area (Å²) >= 11 is 0. The molecule has 3 atom stereocenters. The minimum atomic E-state index is -0.853. The van der Waals surface area contributed by atoms with E-state index in [1.54, 1.807) is 7.11 Å². The molecule has 40 heavy (non-hydrogen) atoms. The van der Waals surface area contributed by atoms with E-state index < -0.39 is 11.9 Å². The fraction of sp³-hybridized carbons (Fsp3) is 0.548. The number of ether oxygens (including phenoxy) is 3. The van der Waals surface area contributed by atoms with Crippen LogP contribution in [0.3, 0.4) is 0 Å². The lowest BCUT2D eigenvalue weighted by atomic mass is 9.83. The molecule has 4 rings (SSSR count). The molecule has 1 amide bonds. The number of likely N-dealkylation sites (tertiary alicyclic amines) is 1. The maximum Gasteiger partial charge on any atom is 0.308 e. The van der Waals surface area contributed by atoms with Gasteiger partial charge in [-0.05, 0) is 68.0 Å². The summed E-state index contributed by atoms with van der Waals surface area (Å²) in [6.45, 7) is 4.91. The third-order valence-corrected chi connectivity index (χ3v) is 8.11. The third-order valence-electron chi connectivity index (χ3n) is 8.11. The largest absolute Gasteiger partial charge is 0.496 e. The molecule has 0 bridgehead atoms. The summed E-state index contributed by atoms with van der Waals surface area (Å²) in [5, 5.41) is 10.5. The van der Waals surface area contributed by atoms with E-state index in [1.807, 2.05) is 47.4 Å². The Hall–Kier alpha value is -3.30. The number of benzene rings is 2. The first-order valence-electron chi connectivity index (χ1n) is 14.4. The molecular formula is C31H43N3O6. The van der Waals surface area contributed by atoms with Gasteiger partial charge in [-0.1, -0.05) is 37.6 Å². The normalized spacial score (nSPS) is 20.0. The zero-order valence-electron chi connectivity index (χ0n) is 23.7. The highest BCUT2D eigenvalue weighted by Gasteiger charge is 2.47. The van der Waals surface area contributed by atoms with Crippen LogP contribution in [0.2, 0.25) is 0 Å². The van der Waals surface area contributed by atoms with Gasteiger partial charge in [0.2, 0.25) is 12.7 Å². The standard InChI is InChI=1S/C31H43N3O6/c1-3-4-16-33(17-8-7-15-32)29(35)20-34-19-24(23-12-14-27-28(18-23)40-21-39-27)30(31(36)37)25(34)13-11-22-9-5-6-10-26(22)38-2/h5-6,9-10,12,14,18,24-25,30H,3-4,7-8,11,13,15-17,19-21,32H2,1-2H3,(H,36,37). The number of hydrogen-bond acceptors (Lipinski definition) is 7. The number of fused-ring (bicyclic) bond motifs is 1. The van der Waals surface area contributed by atoms with Crippen LogP contribution in [0.1, 0.15) is 56.1 Å². The molecule has 0 aromatic heterocycles. The molecule has 1 fully saturated rings. The molecule has 2 heterocycles. The van der Waals surface area contributed by atoms with E-state index in [0.717, 1.165) is 42.6 Å². The van der Waals surface area contributed by atoms with Gasteiger partial charge in [0.1, 0.15) is 5.75 Å². The van der Waals surface area contributed by atoms with E-state index >= 15 is 0 Å². The second-order valence-corrected chi connectivity index (χ2v) is 10.7. The smallest absolute Gasteiger partial charge is 0.308 e. The van der Waals surface area contributed by atoms with Crippen molar-refractivity contribution in [2.75, 3.05) is 46.6 Å². The highest BCUT2D eigenvalue weighted by Crippen LogP contribution is 2.43. The van der Waals surface area contributed by atoms with Crippen LogP contribution in [0, 0.1) is 5.92 Å². The zero-order chi connectivity index (χ0) is 28.5. The monoisotopic (exact) mass is 553 g/mol. The Morgan fingerprint density at radius 1 is 1.10 bits per heavy atom. The molecule has 3 unspecified atom stereocenters. The Morgan fingerprint density at radius 3 is 2.62 bits per heavy atom. The van der Waals surface area contributed by atoms with E-state index in [0.29, 0.717) is 50.5 Å². The number of carbonyl (C=O) groups excluding carboxylic acids is 1. The summed E-state index contributed by atoms with van der Waals surface area (Å²) < 4.78 is 16.6. The van der Waals surface area contributed by atoms with Crippen LogP contribution in [-0.4, -0.2) is 79.5 Å². The summed E-state index contributed by atoms with van der Waals surface area (Å²) in [6.07, 6.45) is 4.90. The number of nitrogens with two attached hydrogens (primary N) is 1. The van der Waals surface area contributed by atoms with Crippen molar-refractivity contribution in [3.8, 4) is 17.2 Å². The first kappa shape index (κ1) is 29.7. The number of para-hydroxylation sites is 1. The first-order chi connectivity index (χ1) is 19.5. The van der Waals surface area contributed by atoms with E-state index in [9.17, 15) is 14.7 Å². The SMILES string of the molecule is CCCCN(CCCCN)C(=O)CN1CC(c2ccc3c(c2)OCO3)C(C(=O)O)C1CCc1ccccc1OC. The fourth-order valence-corrected chi connectivity index (χ4v) is 5.98. The van der Waals surface area contributed by atoms with Crippen molar-refractivity contribution in [3.05, 3.63) is 53.6 Å². The Bertz CT molecular complexity index is 1140. The Morgan fingerprint density at radius 2 is 1.88 bits per heavy atom. The number of rotatable bonds is 15. The number of unbranched alkanes of at least 4 members (excludes halogenated alkanes) is 2. The lowest BCUT2D eigenvalue weighted by molar-refractivity contribution is -0.143. The van der Waals surface area contributed by atoms with Gasteiger partial charge in [-0.3, -0.25) is 14.5 Å². The summed E-state index contributed by atoms with van der Waals surface area (Å²) in [5.41, 5.74) is 7.61. The molecule has 1 saturated heterocycles. The van der Waals surface area contributed by atoms with Gasteiger partial charge in [0.05, 0.1) is 19.6 Å². The van der Waals surface area contributed by atoms with Gasteiger partial charge in [-0.25, -0.2) is 0 Å². The van der Waals surface area contributed by atoms with Crippen LogP contribution in [0.4, 0.5) is 0 Å². The van der Waals surface area contributed by atoms with Gasteiger partial charge in [0.15, 0.2) is 11.5 Å². The molecular weight excluding hydrogens is 510 g/mol. The lowest BCUT2D eigenvalue weighted by Crippen LogP contribution is -2.45. The van der Waals surface area contributed by atoms with Crippen molar-refractivity contribution in [2.45, 2.75) is 57.4 Å². The molecule has 2 aromatic rings. The van der Waals surface area contributed by atoms with Crippen LogP contribution in [0.5, 0.6) is 17.2 Å². The Balaban J connectivity index is 1.60. The van der Waals surface area contributed by atoms with Gasteiger partial charge in [-0.2, -0.15) is 0 Å². The number of aryl methyl sites for hydroxylation is 1. The molecule has 2 aliphatic heterocycles. The number of hydrogen-bond donors (Lipinski definition) is 2. The van der Waals surface area contributed by atoms with Crippen LogP contribution in [-0.2, 0) is 16.0 Å². The maximum atomic E-state index is 13.6. The van der Waals surface area contributed by atoms with Crippen LogP contribution >= 0.6 is 0 Å². The number of nitrogens with zero attached hydrogens (tertiary/aromatic N) is 2. The van der Waals surface area contributed by atoms with E-state index in [4.69, 9.17) is 19.9 Å². The number of carbonyl (C=O) groups is 2. The van der Waals surface area contributed by atoms with Crippen LogP contribution < -0.4 is 19.9 Å². The second-order valence-electron chi connectivity index (χ2n) is 10.7. The molecule has 2 aromatic carbocycles. The van der Waals surface area contributed by atoms with Crippen LogP contribution in [0.25, 0.3) is 0 Å². The molecule has 0 spiro atoms. The number of methoxy groups -OCH3 is 1. The van der Waals surface area contributed by atoms with Gasteiger partial charge in [-0.15, -0.1) is 0 Å². The van der Waals surface area contributed by atoms with Crippen molar-refractivity contribution in [2.24, 2.45) is 11.7 Å². The fourth-order valence-electron chi connectivity index (χ4n) is 5.98. The minimum absolute atomic E-state index is 0.0447. The number of carboxylic acids is 1. The Kier molecular flexibility index (Phi) is 10.7. The zero-order valence-corrected chi connectivity index (χ0v) is 23.7. The Labute approximate surface area is 237 Å². The summed E-state index contributed by atoms with van der Waals surface area (Å²) in [4.78, 5) is 30.5. The highest BCUT2D eigenvalue weighted by atomic mass is 16.7. The number of aliphatic carboxylic acids is 1. The lowest BCUT2D eigenvalue weighted by Gasteiger charge is -2.30. The summed E-state index contributed by atoms with van der Waals surface area (Å²) in [6, 6.07) is 13.2. The van der Waals surface area contributed by atoms with E-state index in [-0.39, 0.29) is 31.2 Å². The maximum absolute atomic E-state index is 13.6. The van der Waals surface area contributed by atoms with Gasteiger partial charge >= 0.3 is 5.97 Å². The van der Waals surface area contributed by atoms with Crippen molar-refractivity contribution in [1.82, 2.24) is 9.80 Å². The van der Waals surface area contributed by atoms with Crippen molar-refractivity contribution < 1.29 is 28.9 Å². The topological polar surface area (TPSA) is 115 Å². The van der Waals surface area contributed by atoms with Gasteiger partial charge < -0.3 is 30.0 Å². The summed E-state index contributed by atoms with van der Waals surface area (Å²) in [5.74, 6) is 0.308. The van der Waals surface area contributed by atoms with Crippen LogP contribution in [0.15, 0.2) is 42.5 Å². The van der Waals surface area contributed by atoms with E-state index in [2.05, 4.69) is 11.8 Å². The molecule has 2 aliphatic rings. The predicted molar refractivity (Wildman–Crippen MR) is 153 cm³/mol. The van der Waals surface area contributed by atoms with Crippen molar-refractivity contribution >= 4 is 11.9 Å². The summed E-state index contributed by atoms with van der Waals surface area (Å²) in [7, 11) is 1.64. The second kappa shape index (κ2) is 14.4.